The van der Waals surface area contributed by atoms with Gasteiger partial charge in [0, 0.05) is 0 Å². The summed E-state index contributed by atoms with van der Waals surface area (Å²) in [6.45, 7) is -6.14. The highest BCUT2D eigenvalue weighted by atomic mass is 19.3. The number of halogens is 4. The van der Waals surface area contributed by atoms with Gasteiger partial charge in [0.25, 0.3) is 0 Å². The van der Waals surface area contributed by atoms with E-state index in [0.717, 1.165) is 24.3 Å². The molecule has 1 unspecified atom stereocenters. The van der Waals surface area contributed by atoms with Crippen molar-refractivity contribution in [2.45, 2.75) is 25.7 Å². The van der Waals surface area contributed by atoms with E-state index >= 15 is 0 Å². The lowest BCUT2D eigenvalue weighted by Crippen LogP contribution is -2.50. The van der Waals surface area contributed by atoms with E-state index < -0.39 is 43.7 Å². The average Bonchev–Trinajstić information content (AvgIpc) is 2.69. The molecule has 2 amide bonds. The predicted octanol–water partition coefficient (Wildman–Crippen LogP) is 3.27. The largest absolute Gasteiger partial charge is 0.479 e. The lowest BCUT2D eigenvalue weighted by atomic mass is 10.1. The van der Waals surface area contributed by atoms with Crippen LogP contribution in [0.15, 0.2) is 48.5 Å². The lowest BCUT2D eigenvalue weighted by Gasteiger charge is -2.26. The molecule has 0 bridgehead atoms. The molecule has 2 aromatic carbocycles. The van der Waals surface area contributed by atoms with Crippen LogP contribution < -0.4 is 14.9 Å². The molecule has 0 saturated heterocycles. The summed E-state index contributed by atoms with van der Waals surface area (Å²) in [6.07, 6.45) is -2.22. The summed E-state index contributed by atoms with van der Waals surface area (Å²) in [5, 5.41) is 19.0. The number of ether oxygens (including phenoxy) is 2. The van der Waals surface area contributed by atoms with Gasteiger partial charge < -0.3 is 19.7 Å². The van der Waals surface area contributed by atoms with Gasteiger partial charge in [0.1, 0.15) is 11.5 Å². The summed E-state index contributed by atoms with van der Waals surface area (Å²) < 4.78 is 57.2. The summed E-state index contributed by atoms with van der Waals surface area (Å²) in [4.78, 5) is 35.6. The maximum Gasteiger partial charge on any atom is 0.427 e. The third-order valence-corrected chi connectivity index (χ3v) is 3.88. The molecule has 0 fully saturated rings. The first-order valence-electron chi connectivity index (χ1n) is 8.69. The van der Waals surface area contributed by atoms with E-state index in [9.17, 15) is 42.2 Å². The van der Waals surface area contributed by atoms with Gasteiger partial charge in [-0.25, -0.2) is 9.59 Å². The zero-order valence-corrected chi connectivity index (χ0v) is 16.0. The van der Waals surface area contributed by atoms with Gasteiger partial charge in [0.2, 0.25) is 5.91 Å². The Morgan fingerprint density at radius 1 is 0.844 bits per heavy atom. The van der Waals surface area contributed by atoms with Crippen molar-refractivity contribution in [1.29, 1.82) is 0 Å². The molecule has 13 heteroatoms. The van der Waals surface area contributed by atoms with Crippen LogP contribution in [-0.4, -0.2) is 46.4 Å². The monoisotopic (exact) mass is 460 g/mol. The minimum atomic E-state index is -3.11. The number of hydrogen-bond acceptors (Lipinski definition) is 5. The minimum Gasteiger partial charge on any atom is -0.479 e. The summed E-state index contributed by atoms with van der Waals surface area (Å²) in [6, 6.07) is 7.17. The molecule has 32 heavy (non-hydrogen) atoms. The van der Waals surface area contributed by atoms with E-state index in [2.05, 4.69) is 9.47 Å². The van der Waals surface area contributed by atoms with Crippen molar-refractivity contribution in [3.8, 4) is 11.5 Å². The second-order valence-corrected chi connectivity index (χ2v) is 6.08. The molecule has 0 heterocycles. The van der Waals surface area contributed by atoms with Crippen LogP contribution in [-0.2, 0) is 16.0 Å². The molecule has 9 nitrogen and oxygen atoms in total. The second-order valence-electron chi connectivity index (χ2n) is 6.08. The number of carboxylic acids is 1. The van der Waals surface area contributed by atoms with Gasteiger partial charge in [-0.15, -0.1) is 0 Å². The molecule has 0 aliphatic rings. The zero-order valence-electron chi connectivity index (χ0n) is 16.0. The van der Waals surface area contributed by atoms with Crippen molar-refractivity contribution in [3.05, 3.63) is 59.7 Å². The fourth-order valence-electron chi connectivity index (χ4n) is 2.60. The number of nitrogens with one attached hydrogen (secondary N) is 1. The number of hydrazine groups is 1. The van der Waals surface area contributed by atoms with Crippen LogP contribution in [0.5, 0.6) is 11.5 Å². The number of nitrogens with zero attached hydrogens (tertiary/aromatic N) is 1. The Hall–Kier alpha value is -4.03. The Bertz CT molecular complexity index is 940. The van der Waals surface area contributed by atoms with Crippen molar-refractivity contribution in [2.75, 3.05) is 0 Å². The number of amides is 2. The highest BCUT2D eigenvalue weighted by Gasteiger charge is 2.33. The summed E-state index contributed by atoms with van der Waals surface area (Å²) >= 11 is 0. The third kappa shape index (κ3) is 7.04. The zero-order chi connectivity index (χ0) is 23.8. The Balaban J connectivity index is 2.14. The molecule has 2 aromatic rings. The number of carbonyl (C=O) groups excluding carboxylic acids is 1. The standard InChI is InChI=1S/C19H16F4N2O7/c20-17(21)31-12-5-1-10(2-6-12)9-14(26)24-25(19(29)30)15(16(27)28)11-3-7-13(8-4-11)32-18(22)23/h1-8,15,17-18H,9H2,(H,24,26)(H,27,28)(H,29,30). The highest BCUT2D eigenvalue weighted by molar-refractivity contribution is 5.85. The third-order valence-electron chi connectivity index (χ3n) is 3.88. The number of hydrogen-bond donors (Lipinski definition) is 3. The number of rotatable bonds is 9. The van der Waals surface area contributed by atoms with Crippen LogP contribution in [0.25, 0.3) is 0 Å². The normalized spacial score (nSPS) is 11.7. The molecule has 3 N–H and O–H groups in total. The van der Waals surface area contributed by atoms with Crippen molar-refractivity contribution in [3.63, 3.8) is 0 Å². The van der Waals surface area contributed by atoms with E-state index in [4.69, 9.17) is 0 Å². The van der Waals surface area contributed by atoms with Gasteiger partial charge in [-0.3, -0.25) is 10.2 Å². The Morgan fingerprint density at radius 2 is 1.31 bits per heavy atom. The van der Waals surface area contributed by atoms with Gasteiger partial charge >= 0.3 is 25.3 Å². The number of benzene rings is 2. The summed E-state index contributed by atoms with van der Waals surface area (Å²) in [5.74, 6) is -3.00. The van der Waals surface area contributed by atoms with Gasteiger partial charge in [-0.05, 0) is 35.4 Å². The van der Waals surface area contributed by atoms with Crippen LogP contribution in [0, 0.1) is 0 Å². The quantitative estimate of drug-likeness (QED) is 0.387. The Morgan fingerprint density at radius 3 is 1.72 bits per heavy atom. The number of carboxylic acid groups (broad SMARTS) is 2. The molecular weight excluding hydrogens is 444 g/mol. The highest BCUT2D eigenvalue weighted by Crippen LogP contribution is 2.24. The molecule has 0 radical (unpaired) electrons. The SMILES string of the molecule is O=C(Cc1ccc(OC(F)F)cc1)NN(C(=O)O)C(C(=O)O)c1ccc(OC(F)F)cc1. The predicted molar refractivity (Wildman–Crippen MR) is 98.2 cm³/mol. The van der Waals surface area contributed by atoms with Gasteiger partial charge in [0.15, 0.2) is 6.04 Å². The first kappa shape index (κ1) is 24.2. The lowest BCUT2D eigenvalue weighted by molar-refractivity contribution is -0.145. The fourth-order valence-corrected chi connectivity index (χ4v) is 2.60. The molecule has 0 aliphatic heterocycles. The molecular formula is C19H16F4N2O7. The average molecular weight is 460 g/mol. The maximum atomic E-state index is 12.3. The van der Waals surface area contributed by atoms with Gasteiger partial charge in [-0.1, -0.05) is 24.3 Å². The first-order chi connectivity index (χ1) is 15.1. The van der Waals surface area contributed by atoms with E-state index in [1.165, 1.54) is 24.3 Å². The van der Waals surface area contributed by atoms with Crippen LogP contribution in [0.1, 0.15) is 17.2 Å². The van der Waals surface area contributed by atoms with E-state index in [-0.39, 0.29) is 22.1 Å². The van der Waals surface area contributed by atoms with Crippen LogP contribution in [0.2, 0.25) is 0 Å². The Kier molecular flexibility index (Phi) is 8.21. The molecule has 0 aromatic heterocycles. The topological polar surface area (TPSA) is 125 Å². The van der Waals surface area contributed by atoms with Crippen LogP contribution in [0.3, 0.4) is 0 Å². The van der Waals surface area contributed by atoms with Crippen molar-refractivity contribution >= 4 is 18.0 Å². The number of alkyl halides is 4. The van der Waals surface area contributed by atoms with Crippen molar-refractivity contribution in [1.82, 2.24) is 10.4 Å². The minimum absolute atomic E-state index is 0.141. The maximum absolute atomic E-state index is 12.3. The molecule has 0 aliphatic carbocycles. The van der Waals surface area contributed by atoms with Crippen molar-refractivity contribution in [2.24, 2.45) is 0 Å². The summed E-state index contributed by atoms with van der Waals surface area (Å²) in [5.41, 5.74) is 2.11. The van der Waals surface area contributed by atoms with Crippen LogP contribution >= 0.6 is 0 Å². The molecule has 0 saturated carbocycles. The molecule has 0 spiro atoms. The first-order valence-corrected chi connectivity index (χ1v) is 8.69. The Labute approximate surface area is 177 Å². The molecule has 1 atom stereocenters. The van der Waals surface area contributed by atoms with Gasteiger partial charge in [0.05, 0.1) is 6.42 Å². The number of aliphatic carboxylic acids is 1. The van der Waals surface area contributed by atoms with E-state index in [1.807, 2.05) is 5.43 Å². The van der Waals surface area contributed by atoms with E-state index in [1.54, 1.807) is 0 Å². The van der Waals surface area contributed by atoms with E-state index in [0.29, 0.717) is 5.56 Å². The molecule has 2 rings (SSSR count). The van der Waals surface area contributed by atoms with Crippen molar-refractivity contribution < 1.29 is 51.6 Å². The second kappa shape index (κ2) is 10.8. The summed E-state index contributed by atoms with van der Waals surface area (Å²) in [7, 11) is 0. The van der Waals surface area contributed by atoms with Crippen LogP contribution in [0.4, 0.5) is 22.4 Å². The smallest absolute Gasteiger partial charge is 0.427 e. The fraction of sp³-hybridized carbons (Fsp3) is 0.211. The molecule has 172 valence electrons. The number of carbonyl (C=O) groups is 3. The van der Waals surface area contributed by atoms with Gasteiger partial charge in [-0.2, -0.15) is 22.6 Å².